The van der Waals surface area contributed by atoms with Crippen LogP contribution >= 0.6 is 0 Å². The zero-order valence-electron chi connectivity index (χ0n) is 19.5. The first-order valence-electron chi connectivity index (χ1n) is 11.8. The Morgan fingerprint density at radius 2 is 1.74 bits per heavy atom. The van der Waals surface area contributed by atoms with Crippen LogP contribution < -0.4 is 14.2 Å². The third kappa shape index (κ3) is 3.99. The van der Waals surface area contributed by atoms with E-state index in [0.717, 1.165) is 48.3 Å². The van der Waals surface area contributed by atoms with Gasteiger partial charge in [0.2, 0.25) is 15.9 Å². The number of rotatable bonds is 4. The number of fused-ring (bicyclic) bond motifs is 3. The van der Waals surface area contributed by atoms with Gasteiger partial charge in [-0.3, -0.25) is 4.79 Å². The van der Waals surface area contributed by atoms with E-state index < -0.39 is 10.0 Å². The zero-order chi connectivity index (χ0) is 23.9. The molecule has 2 heterocycles. The monoisotopic (exact) mass is 482 g/mol. The van der Waals surface area contributed by atoms with Crippen molar-refractivity contribution in [2.45, 2.75) is 49.0 Å². The van der Waals surface area contributed by atoms with E-state index in [4.69, 9.17) is 9.47 Å². The van der Waals surface area contributed by atoms with Crippen molar-refractivity contribution >= 4 is 22.0 Å². The van der Waals surface area contributed by atoms with E-state index in [0.29, 0.717) is 19.8 Å². The standard InChI is InChI=1S/C26H30N2O5S/c1-18-21-15-23-24(33-14-13-32-23)16-22(21)26(11-3-4-12-26)17-28(18)25(29)10-7-19-5-8-20(9-6-19)34(30,31)27-2/h5-10,15-16,18,27H,3-4,11-14,17H2,1-2H3/b10-7+. The summed E-state index contributed by atoms with van der Waals surface area (Å²) in [6.07, 6.45) is 7.75. The van der Waals surface area contributed by atoms with Crippen molar-refractivity contribution in [3.8, 4) is 11.5 Å². The average Bonchev–Trinajstić information content (AvgIpc) is 3.33. The summed E-state index contributed by atoms with van der Waals surface area (Å²) in [6.45, 7) is 3.85. The van der Waals surface area contributed by atoms with Crippen molar-refractivity contribution in [3.63, 3.8) is 0 Å². The lowest BCUT2D eigenvalue weighted by atomic mass is 9.71. The van der Waals surface area contributed by atoms with Crippen molar-refractivity contribution in [3.05, 3.63) is 59.2 Å². The number of amides is 1. The van der Waals surface area contributed by atoms with E-state index in [1.165, 1.54) is 24.7 Å². The van der Waals surface area contributed by atoms with Crippen LogP contribution in [0.4, 0.5) is 0 Å². The number of sulfonamides is 1. The van der Waals surface area contributed by atoms with Crippen LogP contribution in [0.2, 0.25) is 0 Å². The maximum Gasteiger partial charge on any atom is 0.247 e. The van der Waals surface area contributed by atoms with Crippen molar-refractivity contribution < 1.29 is 22.7 Å². The molecular formula is C26H30N2O5S. The van der Waals surface area contributed by atoms with E-state index in [2.05, 4.69) is 23.8 Å². The molecule has 1 fully saturated rings. The van der Waals surface area contributed by atoms with Crippen molar-refractivity contribution in [2.24, 2.45) is 0 Å². The Morgan fingerprint density at radius 3 is 2.38 bits per heavy atom. The first-order valence-corrected chi connectivity index (χ1v) is 13.3. The van der Waals surface area contributed by atoms with Crippen LogP contribution in [0.15, 0.2) is 47.4 Å². The molecule has 0 aromatic heterocycles. The molecule has 0 radical (unpaired) electrons. The predicted molar refractivity (Wildman–Crippen MR) is 129 cm³/mol. The number of carbonyl (C=O) groups excluding carboxylic acids is 1. The fourth-order valence-corrected chi connectivity index (χ4v) is 6.24. The topological polar surface area (TPSA) is 84.9 Å². The number of ether oxygens (including phenoxy) is 2. The largest absolute Gasteiger partial charge is 0.486 e. The van der Waals surface area contributed by atoms with Gasteiger partial charge in [0.15, 0.2) is 11.5 Å². The first kappa shape index (κ1) is 22.9. The molecule has 3 aliphatic rings. The highest BCUT2D eigenvalue weighted by Gasteiger charge is 2.46. The quantitative estimate of drug-likeness (QED) is 0.670. The van der Waals surface area contributed by atoms with Gasteiger partial charge in [-0.05, 0) is 73.8 Å². The molecule has 34 heavy (non-hydrogen) atoms. The number of hydrogen-bond acceptors (Lipinski definition) is 5. The molecule has 1 N–H and O–H groups in total. The van der Waals surface area contributed by atoms with Crippen molar-refractivity contribution in [1.29, 1.82) is 0 Å². The molecule has 7 nitrogen and oxygen atoms in total. The fourth-order valence-electron chi connectivity index (χ4n) is 5.51. The molecular weight excluding hydrogens is 452 g/mol. The normalized spacial score (nSPS) is 21.1. The maximum atomic E-state index is 13.4. The highest BCUT2D eigenvalue weighted by molar-refractivity contribution is 7.89. The molecule has 1 saturated carbocycles. The first-order chi connectivity index (χ1) is 16.3. The zero-order valence-corrected chi connectivity index (χ0v) is 20.4. The lowest BCUT2D eigenvalue weighted by Gasteiger charge is -2.46. The third-order valence-corrected chi connectivity index (χ3v) is 8.83. The van der Waals surface area contributed by atoms with Gasteiger partial charge in [0, 0.05) is 18.0 Å². The Bertz CT molecular complexity index is 1230. The summed E-state index contributed by atoms with van der Waals surface area (Å²) >= 11 is 0. The molecule has 1 unspecified atom stereocenters. The van der Waals surface area contributed by atoms with E-state index in [9.17, 15) is 13.2 Å². The molecule has 2 aromatic carbocycles. The fraction of sp³-hybridized carbons (Fsp3) is 0.423. The van der Waals surface area contributed by atoms with E-state index >= 15 is 0 Å². The lowest BCUT2D eigenvalue weighted by Crippen LogP contribution is -2.48. The van der Waals surface area contributed by atoms with Crippen LogP contribution in [0.5, 0.6) is 11.5 Å². The Hall–Kier alpha value is -2.84. The molecule has 8 heteroatoms. The molecule has 5 rings (SSSR count). The van der Waals surface area contributed by atoms with Gasteiger partial charge in [0.05, 0.1) is 10.9 Å². The molecule has 1 aliphatic carbocycles. The molecule has 0 saturated heterocycles. The molecule has 0 bridgehead atoms. The van der Waals surface area contributed by atoms with Gasteiger partial charge < -0.3 is 14.4 Å². The summed E-state index contributed by atoms with van der Waals surface area (Å²) < 4.78 is 37.9. The van der Waals surface area contributed by atoms with Crippen LogP contribution in [0.1, 0.15) is 55.3 Å². The van der Waals surface area contributed by atoms with Crippen LogP contribution in [0.3, 0.4) is 0 Å². The Labute approximate surface area is 200 Å². The minimum atomic E-state index is -3.49. The van der Waals surface area contributed by atoms with Crippen molar-refractivity contribution in [1.82, 2.24) is 9.62 Å². The number of carbonyl (C=O) groups is 1. The summed E-state index contributed by atoms with van der Waals surface area (Å²) in [5, 5.41) is 0. The number of hydrogen-bond donors (Lipinski definition) is 1. The predicted octanol–water partition coefficient (Wildman–Crippen LogP) is 3.79. The smallest absolute Gasteiger partial charge is 0.247 e. The van der Waals surface area contributed by atoms with E-state index in [1.807, 2.05) is 4.90 Å². The molecule has 180 valence electrons. The second kappa shape index (κ2) is 8.74. The molecule has 2 aromatic rings. The highest BCUT2D eigenvalue weighted by Crippen LogP contribution is 2.51. The second-order valence-corrected chi connectivity index (χ2v) is 11.2. The van der Waals surface area contributed by atoms with E-state index in [-0.39, 0.29) is 22.3 Å². The van der Waals surface area contributed by atoms with Gasteiger partial charge in [-0.2, -0.15) is 0 Å². The van der Waals surface area contributed by atoms with E-state index in [1.54, 1.807) is 24.3 Å². The summed E-state index contributed by atoms with van der Waals surface area (Å²) in [7, 11) is -2.11. The van der Waals surface area contributed by atoms with Gasteiger partial charge in [0.25, 0.3) is 0 Å². The van der Waals surface area contributed by atoms with Gasteiger partial charge in [0.1, 0.15) is 13.2 Å². The van der Waals surface area contributed by atoms with Crippen LogP contribution in [0.25, 0.3) is 6.08 Å². The van der Waals surface area contributed by atoms with Crippen LogP contribution in [-0.2, 0) is 20.2 Å². The minimum Gasteiger partial charge on any atom is -0.486 e. The summed E-state index contributed by atoms with van der Waals surface area (Å²) in [4.78, 5) is 15.5. The highest BCUT2D eigenvalue weighted by atomic mass is 32.2. The third-order valence-electron chi connectivity index (χ3n) is 7.40. The molecule has 1 amide bonds. The van der Waals surface area contributed by atoms with Gasteiger partial charge in [-0.15, -0.1) is 0 Å². The lowest BCUT2D eigenvalue weighted by molar-refractivity contribution is -0.129. The molecule has 1 spiro atoms. The molecule has 1 atom stereocenters. The number of nitrogens with zero attached hydrogens (tertiary/aromatic N) is 1. The van der Waals surface area contributed by atoms with Gasteiger partial charge >= 0.3 is 0 Å². The minimum absolute atomic E-state index is 0.0498. The summed E-state index contributed by atoms with van der Waals surface area (Å²) in [5.74, 6) is 1.52. The second-order valence-electron chi connectivity index (χ2n) is 9.32. The number of benzene rings is 2. The Balaban J connectivity index is 1.42. The maximum absolute atomic E-state index is 13.4. The average molecular weight is 483 g/mol. The Morgan fingerprint density at radius 1 is 1.09 bits per heavy atom. The summed E-state index contributed by atoms with van der Waals surface area (Å²) in [6, 6.07) is 10.6. The Kier molecular flexibility index (Phi) is 5.90. The SMILES string of the molecule is CNS(=O)(=O)c1ccc(/C=C/C(=O)N2CC3(CCCC3)c3cc4c(cc3C2C)OCCO4)cc1. The number of nitrogens with one attached hydrogen (secondary N) is 1. The van der Waals surface area contributed by atoms with Crippen molar-refractivity contribution in [2.75, 3.05) is 26.8 Å². The van der Waals surface area contributed by atoms with Gasteiger partial charge in [-0.25, -0.2) is 13.1 Å². The molecule has 2 aliphatic heterocycles. The van der Waals surface area contributed by atoms with Crippen LogP contribution in [0, 0.1) is 0 Å². The summed E-state index contributed by atoms with van der Waals surface area (Å²) in [5.41, 5.74) is 3.16. The van der Waals surface area contributed by atoms with Crippen LogP contribution in [-0.4, -0.2) is 46.0 Å². The van der Waals surface area contributed by atoms with Gasteiger partial charge in [-0.1, -0.05) is 25.0 Å².